The van der Waals surface area contributed by atoms with Crippen LogP contribution in [0, 0.1) is 11.3 Å². The second-order valence-corrected chi connectivity index (χ2v) is 5.50. The summed E-state index contributed by atoms with van der Waals surface area (Å²) in [5.41, 5.74) is 1.03. The summed E-state index contributed by atoms with van der Waals surface area (Å²) in [5.74, 6) is 0. The van der Waals surface area contributed by atoms with E-state index in [4.69, 9.17) is 10.00 Å². The zero-order chi connectivity index (χ0) is 13.6. The van der Waals surface area contributed by atoms with Gasteiger partial charge in [0.2, 0.25) is 0 Å². The Labute approximate surface area is 110 Å². The van der Waals surface area contributed by atoms with E-state index >= 15 is 0 Å². The Balaban J connectivity index is 2.49. The van der Waals surface area contributed by atoms with Crippen LogP contribution in [0.25, 0.3) is 0 Å². The van der Waals surface area contributed by atoms with Crippen LogP contribution < -0.4 is 5.32 Å². The summed E-state index contributed by atoms with van der Waals surface area (Å²) in [6, 6.07) is 11.9. The van der Waals surface area contributed by atoms with Gasteiger partial charge in [-0.3, -0.25) is 5.32 Å². The molecule has 1 N–H and O–H groups in total. The smallest absolute Gasteiger partial charge is 0.122 e. The molecule has 18 heavy (non-hydrogen) atoms. The maximum absolute atomic E-state index is 9.16. The number of hydrogen-bond donors (Lipinski definition) is 1. The maximum atomic E-state index is 9.16. The van der Waals surface area contributed by atoms with Crippen LogP contribution in [0.1, 0.15) is 33.3 Å². The van der Waals surface area contributed by atoms with Crippen molar-refractivity contribution in [3.8, 4) is 6.07 Å². The van der Waals surface area contributed by atoms with Crippen molar-refractivity contribution in [3.05, 3.63) is 35.9 Å². The molecule has 0 saturated carbocycles. The zero-order valence-electron chi connectivity index (χ0n) is 11.6. The second-order valence-electron chi connectivity index (χ2n) is 5.50. The molecule has 2 atom stereocenters. The van der Waals surface area contributed by atoms with Gasteiger partial charge in [-0.1, -0.05) is 30.3 Å². The van der Waals surface area contributed by atoms with Crippen LogP contribution in [0.4, 0.5) is 0 Å². The summed E-state index contributed by atoms with van der Waals surface area (Å²) in [7, 11) is 0. The molecule has 0 aliphatic carbocycles. The molecule has 0 heterocycles. The highest BCUT2D eigenvalue weighted by Gasteiger charge is 2.22. The third-order valence-corrected chi connectivity index (χ3v) is 2.55. The molecular formula is C15H22N2O. The van der Waals surface area contributed by atoms with Gasteiger partial charge in [-0.25, -0.2) is 0 Å². The van der Waals surface area contributed by atoms with Crippen molar-refractivity contribution in [2.45, 2.75) is 52.0 Å². The van der Waals surface area contributed by atoms with Gasteiger partial charge in [0.05, 0.1) is 18.8 Å². The molecule has 1 rings (SSSR count). The fraction of sp³-hybridized carbons (Fsp3) is 0.533. The van der Waals surface area contributed by atoms with Gasteiger partial charge in [0.1, 0.15) is 6.04 Å². The van der Waals surface area contributed by atoms with E-state index in [1.54, 1.807) is 0 Å². The third-order valence-electron chi connectivity index (χ3n) is 2.55. The lowest BCUT2D eigenvalue weighted by molar-refractivity contribution is 0.0339. The Kier molecular flexibility index (Phi) is 5.33. The van der Waals surface area contributed by atoms with Crippen LogP contribution in [-0.2, 0) is 11.3 Å². The summed E-state index contributed by atoms with van der Waals surface area (Å²) in [6.45, 7) is 8.59. The normalized spacial score (nSPS) is 14.8. The number of benzene rings is 1. The Morgan fingerprint density at radius 2 is 1.89 bits per heavy atom. The molecule has 1 aromatic rings. The first-order chi connectivity index (χ1) is 8.42. The highest BCUT2D eigenvalue weighted by Crippen LogP contribution is 2.09. The van der Waals surface area contributed by atoms with E-state index in [-0.39, 0.29) is 17.7 Å². The summed E-state index contributed by atoms with van der Waals surface area (Å²) in [4.78, 5) is 0. The minimum atomic E-state index is -0.297. The number of ether oxygens (including phenoxy) is 1. The van der Waals surface area contributed by atoms with Gasteiger partial charge < -0.3 is 4.74 Å². The largest absolute Gasteiger partial charge is 0.371 e. The van der Waals surface area contributed by atoms with Gasteiger partial charge in [-0.2, -0.15) is 5.26 Å². The van der Waals surface area contributed by atoms with Crippen LogP contribution in [-0.4, -0.2) is 17.7 Å². The molecule has 0 spiro atoms. The van der Waals surface area contributed by atoms with E-state index in [1.165, 1.54) is 0 Å². The summed E-state index contributed by atoms with van der Waals surface area (Å²) >= 11 is 0. The molecule has 0 amide bonds. The molecule has 0 saturated heterocycles. The van der Waals surface area contributed by atoms with Gasteiger partial charge >= 0.3 is 0 Å². The molecule has 1 aromatic carbocycles. The van der Waals surface area contributed by atoms with Crippen LogP contribution in [0.3, 0.4) is 0 Å². The molecule has 3 heteroatoms. The fourth-order valence-electron chi connectivity index (χ4n) is 1.62. The standard InChI is InChI=1S/C15H22N2O/c1-12(14(10-16)17-15(2,3)4)18-11-13-8-6-5-7-9-13/h5-9,12,14,17H,11H2,1-4H3. The van der Waals surface area contributed by atoms with Crippen molar-refractivity contribution in [1.82, 2.24) is 5.32 Å². The van der Waals surface area contributed by atoms with Crippen molar-refractivity contribution in [1.29, 1.82) is 5.26 Å². The van der Waals surface area contributed by atoms with E-state index in [0.29, 0.717) is 6.61 Å². The molecule has 98 valence electrons. The third kappa shape index (κ3) is 5.31. The van der Waals surface area contributed by atoms with Gasteiger partial charge in [0.25, 0.3) is 0 Å². The highest BCUT2D eigenvalue weighted by atomic mass is 16.5. The first-order valence-corrected chi connectivity index (χ1v) is 6.25. The summed E-state index contributed by atoms with van der Waals surface area (Å²) in [5, 5.41) is 12.4. The zero-order valence-corrected chi connectivity index (χ0v) is 11.6. The molecule has 0 bridgehead atoms. The molecule has 0 aromatic heterocycles. The van der Waals surface area contributed by atoms with E-state index in [1.807, 2.05) is 58.0 Å². The average molecular weight is 246 g/mol. The van der Waals surface area contributed by atoms with E-state index in [9.17, 15) is 0 Å². The first-order valence-electron chi connectivity index (χ1n) is 6.25. The Hall–Kier alpha value is -1.37. The van der Waals surface area contributed by atoms with Gasteiger partial charge in [-0.15, -0.1) is 0 Å². The predicted molar refractivity (Wildman–Crippen MR) is 73.0 cm³/mol. The van der Waals surface area contributed by atoms with Crippen molar-refractivity contribution >= 4 is 0 Å². The maximum Gasteiger partial charge on any atom is 0.122 e. The molecule has 0 fully saturated rings. The van der Waals surface area contributed by atoms with Crippen LogP contribution in [0.2, 0.25) is 0 Å². The van der Waals surface area contributed by atoms with Crippen molar-refractivity contribution in [2.24, 2.45) is 0 Å². The molecule has 3 nitrogen and oxygen atoms in total. The van der Waals surface area contributed by atoms with Crippen molar-refractivity contribution in [3.63, 3.8) is 0 Å². The fourth-order valence-corrected chi connectivity index (χ4v) is 1.62. The quantitative estimate of drug-likeness (QED) is 0.869. The monoisotopic (exact) mass is 246 g/mol. The average Bonchev–Trinajstić information content (AvgIpc) is 2.33. The molecule has 0 radical (unpaired) electrons. The van der Waals surface area contributed by atoms with Gasteiger partial charge in [0.15, 0.2) is 0 Å². The Morgan fingerprint density at radius 1 is 1.28 bits per heavy atom. The van der Waals surface area contributed by atoms with E-state index in [2.05, 4.69) is 11.4 Å². The number of hydrogen-bond acceptors (Lipinski definition) is 3. The lowest BCUT2D eigenvalue weighted by Crippen LogP contribution is -2.48. The molecule has 0 aliphatic heterocycles. The molecular weight excluding hydrogens is 224 g/mol. The SMILES string of the molecule is CC(OCc1ccccc1)C(C#N)NC(C)(C)C. The minimum Gasteiger partial charge on any atom is -0.371 e. The summed E-state index contributed by atoms with van der Waals surface area (Å²) in [6.07, 6.45) is -0.144. The number of nitriles is 1. The Morgan fingerprint density at radius 3 is 2.39 bits per heavy atom. The van der Waals surface area contributed by atoms with Crippen LogP contribution >= 0.6 is 0 Å². The van der Waals surface area contributed by atoms with E-state index in [0.717, 1.165) is 5.56 Å². The number of nitrogens with zero attached hydrogens (tertiary/aromatic N) is 1. The van der Waals surface area contributed by atoms with Crippen molar-refractivity contribution in [2.75, 3.05) is 0 Å². The van der Waals surface area contributed by atoms with Gasteiger partial charge in [0, 0.05) is 5.54 Å². The van der Waals surface area contributed by atoms with Crippen LogP contribution in [0.5, 0.6) is 0 Å². The number of rotatable bonds is 5. The molecule has 2 unspecified atom stereocenters. The highest BCUT2D eigenvalue weighted by molar-refractivity contribution is 5.13. The lowest BCUT2D eigenvalue weighted by atomic mass is 10.1. The number of nitrogens with one attached hydrogen (secondary N) is 1. The van der Waals surface area contributed by atoms with E-state index < -0.39 is 0 Å². The first kappa shape index (κ1) is 14.7. The van der Waals surface area contributed by atoms with Crippen LogP contribution in [0.15, 0.2) is 30.3 Å². The molecule has 0 aliphatic rings. The van der Waals surface area contributed by atoms with Crippen molar-refractivity contribution < 1.29 is 4.74 Å². The lowest BCUT2D eigenvalue weighted by Gasteiger charge is -2.28. The second kappa shape index (κ2) is 6.53. The Bertz CT molecular complexity index is 389. The predicted octanol–water partition coefficient (Wildman–Crippen LogP) is 2.87. The topological polar surface area (TPSA) is 45.0 Å². The summed E-state index contributed by atoms with van der Waals surface area (Å²) < 4.78 is 5.74. The minimum absolute atomic E-state index is 0.0925. The van der Waals surface area contributed by atoms with Gasteiger partial charge in [-0.05, 0) is 33.3 Å².